The van der Waals surface area contributed by atoms with Crippen molar-refractivity contribution < 1.29 is 49.3 Å². The Morgan fingerprint density at radius 3 is 1.53 bits per heavy atom. The molecule has 8 atom stereocenters. The lowest BCUT2D eigenvalue weighted by Crippen LogP contribution is -2.61. The van der Waals surface area contributed by atoms with Crippen LogP contribution in [0.1, 0.15) is 258 Å². The Hall–Kier alpha value is -3.16. The first-order valence-corrected chi connectivity index (χ1v) is 31.4. The largest absolute Gasteiger partial charge is 0.454 e. The number of esters is 1. The summed E-state index contributed by atoms with van der Waals surface area (Å²) >= 11 is 0. The summed E-state index contributed by atoms with van der Waals surface area (Å²) in [5, 5.41) is 57.0. The second-order valence-electron chi connectivity index (χ2n) is 21.5. The van der Waals surface area contributed by atoms with Crippen LogP contribution in [-0.2, 0) is 23.8 Å². The SMILES string of the molecule is CC/C=C/C=C/C=C/C=C\CCCCCCCC(=O)OC1C(OCC(NC(=O)C(O)CCCCCCCCCCCCCC/C=C\C/C=C\CCCCC)C(O)/C=C/CCCCCCCCCCC)OC(CO)C(O)C1O. The first-order chi connectivity index (χ1) is 37.7. The van der Waals surface area contributed by atoms with Crippen LogP contribution in [-0.4, -0.2) is 99.6 Å². The topological polar surface area (TPSA) is 175 Å². The van der Waals surface area contributed by atoms with E-state index in [1.165, 1.54) is 128 Å². The molecule has 11 heteroatoms. The monoisotopic (exact) mass is 1080 g/mol. The van der Waals surface area contributed by atoms with Crippen LogP contribution in [0, 0.1) is 0 Å². The second-order valence-corrected chi connectivity index (χ2v) is 21.5. The standard InChI is InChI=1S/C66H115NO10/c1-4-7-10-13-16-19-22-24-26-27-28-29-30-31-32-34-35-38-41-44-47-50-53-59(70)65(74)67-57(58(69)52-49-46-43-40-37-21-18-15-12-9-6-3)56-75-66-64(63(73)62(72)60(55-68)76-66)77-61(71)54-51-48-45-42-39-36-33-25-23-20-17-14-11-8-5-2/h8,11,14,16-17,19-20,23-26,33,49,52,57-60,62-64,66,68-70,72-73H,4-7,9-10,12-13,15,18,21-22,27-32,34-48,50-51,53-56H2,1-3H3,(H,67,74)/b11-8+,17-14+,19-16-,23-20+,26-24-,33-25-,52-49+. The van der Waals surface area contributed by atoms with Crippen molar-refractivity contribution in [3.05, 3.63) is 85.1 Å². The fraction of sp³-hybridized carbons (Fsp3) is 0.758. The number of ether oxygens (including phenoxy) is 3. The third kappa shape index (κ3) is 41.5. The van der Waals surface area contributed by atoms with Gasteiger partial charge in [0.15, 0.2) is 12.4 Å². The maximum atomic E-state index is 13.4. The molecule has 1 fully saturated rings. The van der Waals surface area contributed by atoms with Gasteiger partial charge < -0.3 is 45.1 Å². The fourth-order valence-corrected chi connectivity index (χ4v) is 9.40. The molecule has 1 amide bonds. The quantitative estimate of drug-likeness (QED) is 0.0149. The zero-order valence-corrected chi connectivity index (χ0v) is 49.1. The van der Waals surface area contributed by atoms with Crippen LogP contribution < -0.4 is 5.32 Å². The third-order valence-corrected chi connectivity index (χ3v) is 14.4. The van der Waals surface area contributed by atoms with E-state index < -0.39 is 67.4 Å². The number of aliphatic hydroxyl groups excluding tert-OH is 5. The summed E-state index contributed by atoms with van der Waals surface area (Å²) in [6, 6.07) is -1.03. The van der Waals surface area contributed by atoms with Gasteiger partial charge in [0.1, 0.15) is 24.4 Å². The lowest BCUT2D eigenvalue weighted by Gasteiger charge is -2.41. The van der Waals surface area contributed by atoms with Crippen molar-refractivity contribution in [1.82, 2.24) is 5.32 Å². The van der Waals surface area contributed by atoms with Crippen LogP contribution >= 0.6 is 0 Å². The van der Waals surface area contributed by atoms with Crippen molar-refractivity contribution in [2.45, 2.75) is 307 Å². The zero-order chi connectivity index (χ0) is 56.1. The Kier molecular flexibility index (Phi) is 49.9. The average molecular weight is 1080 g/mol. The van der Waals surface area contributed by atoms with Crippen LogP contribution in [0.2, 0.25) is 0 Å². The molecule has 444 valence electrons. The van der Waals surface area contributed by atoms with E-state index in [0.717, 1.165) is 83.5 Å². The van der Waals surface area contributed by atoms with E-state index in [4.69, 9.17) is 14.2 Å². The summed E-state index contributed by atoms with van der Waals surface area (Å²) in [5.74, 6) is -1.22. The Morgan fingerprint density at radius 1 is 0.532 bits per heavy atom. The number of rotatable bonds is 52. The first kappa shape index (κ1) is 71.9. The van der Waals surface area contributed by atoms with E-state index in [2.05, 4.69) is 62.5 Å². The van der Waals surface area contributed by atoms with Gasteiger partial charge in [-0.05, 0) is 77.0 Å². The van der Waals surface area contributed by atoms with Gasteiger partial charge in [0.2, 0.25) is 5.91 Å². The van der Waals surface area contributed by atoms with Gasteiger partial charge in [-0.2, -0.15) is 0 Å². The maximum Gasteiger partial charge on any atom is 0.306 e. The molecular formula is C66H115NO10. The average Bonchev–Trinajstić information content (AvgIpc) is 3.43. The molecule has 1 saturated heterocycles. The minimum Gasteiger partial charge on any atom is -0.454 e. The predicted molar refractivity (Wildman–Crippen MR) is 319 cm³/mol. The van der Waals surface area contributed by atoms with E-state index in [-0.39, 0.29) is 19.4 Å². The number of aliphatic hydroxyl groups is 5. The molecule has 0 aromatic heterocycles. The van der Waals surface area contributed by atoms with Crippen molar-refractivity contribution >= 4 is 11.9 Å². The molecule has 0 aromatic rings. The zero-order valence-electron chi connectivity index (χ0n) is 49.1. The van der Waals surface area contributed by atoms with Crippen molar-refractivity contribution in [3.8, 4) is 0 Å². The highest BCUT2D eigenvalue weighted by molar-refractivity contribution is 5.80. The highest BCUT2D eigenvalue weighted by atomic mass is 16.7. The number of carbonyl (C=O) groups is 2. The summed E-state index contributed by atoms with van der Waals surface area (Å²) in [6.07, 6.45) is 59.1. The molecule has 0 spiro atoms. The third-order valence-electron chi connectivity index (χ3n) is 14.4. The number of nitrogens with one attached hydrogen (secondary N) is 1. The van der Waals surface area contributed by atoms with E-state index in [1.54, 1.807) is 6.08 Å². The molecule has 11 nitrogen and oxygen atoms in total. The van der Waals surface area contributed by atoms with Gasteiger partial charge in [-0.3, -0.25) is 9.59 Å². The van der Waals surface area contributed by atoms with Gasteiger partial charge in [-0.15, -0.1) is 0 Å². The number of carbonyl (C=O) groups excluding carboxylic acids is 2. The molecule has 0 aromatic carbocycles. The highest BCUT2D eigenvalue weighted by Gasteiger charge is 2.47. The van der Waals surface area contributed by atoms with Gasteiger partial charge >= 0.3 is 5.97 Å². The maximum absolute atomic E-state index is 13.4. The highest BCUT2D eigenvalue weighted by Crippen LogP contribution is 2.26. The van der Waals surface area contributed by atoms with E-state index >= 15 is 0 Å². The number of hydrogen-bond acceptors (Lipinski definition) is 10. The van der Waals surface area contributed by atoms with E-state index in [9.17, 15) is 35.1 Å². The Bertz CT molecular complexity index is 1570. The molecule has 77 heavy (non-hydrogen) atoms. The van der Waals surface area contributed by atoms with Crippen LogP contribution in [0.5, 0.6) is 0 Å². The molecule has 1 heterocycles. The minimum atomic E-state index is -1.63. The van der Waals surface area contributed by atoms with Gasteiger partial charge in [-0.25, -0.2) is 0 Å². The van der Waals surface area contributed by atoms with Gasteiger partial charge in [0, 0.05) is 6.42 Å². The van der Waals surface area contributed by atoms with E-state index in [1.807, 2.05) is 42.5 Å². The summed E-state index contributed by atoms with van der Waals surface area (Å²) in [7, 11) is 0. The normalized spacial score (nSPS) is 19.6. The van der Waals surface area contributed by atoms with Crippen LogP contribution in [0.3, 0.4) is 0 Å². The van der Waals surface area contributed by atoms with Crippen LogP contribution in [0.4, 0.5) is 0 Å². The Labute approximate surface area is 470 Å². The lowest BCUT2D eigenvalue weighted by molar-refractivity contribution is -0.305. The fourth-order valence-electron chi connectivity index (χ4n) is 9.40. The van der Waals surface area contributed by atoms with Crippen LogP contribution in [0.25, 0.3) is 0 Å². The van der Waals surface area contributed by atoms with Gasteiger partial charge in [0.05, 0.1) is 25.4 Å². The first-order valence-electron chi connectivity index (χ1n) is 31.4. The smallest absolute Gasteiger partial charge is 0.306 e. The molecule has 1 aliphatic rings. The molecule has 0 radical (unpaired) electrons. The number of unbranched alkanes of at least 4 members (excludes halogenated alkanes) is 29. The number of hydrogen-bond donors (Lipinski definition) is 6. The van der Waals surface area contributed by atoms with Crippen molar-refractivity contribution in [2.75, 3.05) is 13.2 Å². The Morgan fingerprint density at radius 2 is 0.987 bits per heavy atom. The molecule has 0 saturated carbocycles. The molecule has 8 unspecified atom stereocenters. The predicted octanol–water partition coefficient (Wildman–Crippen LogP) is 14.9. The van der Waals surface area contributed by atoms with Gasteiger partial charge in [0.25, 0.3) is 0 Å². The number of allylic oxidation sites excluding steroid dienone is 13. The molecule has 0 aliphatic carbocycles. The summed E-state index contributed by atoms with van der Waals surface area (Å²) in [4.78, 5) is 26.5. The summed E-state index contributed by atoms with van der Waals surface area (Å²) in [5.41, 5.74) is 0. The Balaban J connectivity index is 2.64. The molecular weight excluding hydrogens is 967 g/mol. The molecule has 1 rings (SSSR count). The summed E-state index contributed by atoms with van der Waals surface area (Å²) in [6.45, 7) is 5.61. The van der Waals surface area contributed by atoms with Crippen molar-refractivity contribution in [3.63, 3.8) is 0 Å². The molecule has 1 aliphatic heterocycles. The molecule has 6 N–H and O–H groups in total. The van der Waals surface area contributed by atoms with Gasteiger partial charge in [-0.1, -0.05) is 260 Å². The van der Waals surface area contributed by atoms with Crippen LogP contribution in [0.15, 0.2) is 85.1 Å². The summed E-state index contributed by atoms with van der Waals surface area (Å²) < 4.78 is 17.6. The van der Waals surface area contributed by atoms with E-state index in [0.29, 0.717) is 12.8 Å². The lowest BCUT2D eigenvalue weighted by atomic mass is 9.99. The second kappa shape index (κ2) is 53.5. The minimum absolute atomic E-state index is 0.0944. The van der Waals surface area contributed by atoms with Crippen molar-refractivity contribution in [1.29, 1.82) is 0 Å². The number of amides is 1. The molecule has 0 bridgehead atoms. The van der Waals surface area contributed by atoms with Crippen molar-refractivity contribution in [2.24, 2.45) is 0 Å².